The van der Waals surface area contributed by atoms with E-state index in [-0.39, 0.29) is 12.5 Å². The van der Waals surface area contributed by atoms with Gasteiger partial charge in [-0.2, -0.15) is 0 Å². The molecule has 0 unspecified atom stereocenters. The van der Waals surface area contributed by atoms with Gasteiger partial charge in [-0.25, -0.2) is 0 Å². The van der Waals surface area contributed by atoms with Crippen molar-refractivity contribution in [3.05, 3.63) is 65.7 Å². The summed E-state index contributed by atoms with van der Waals surface area (Å²) in [7, 11) is 0. The van der Waals surface area contributed by atoms with E-state index in [0.29, 0.717) is 12.4 Å². The number of hydrogen-bond acceptors (Lipinski definition) is 5. The Morgan fingerprint density at radius 1 is 0.800 bits per heavy atom. The smallest absolute Gasteiger partial charge is 0.262 e. The molecule has 1 amide bonds. The van der Waals surface area contributed by atoms with Crippen LogP contribution in [0.15, 0.2) is 60.1 Å². The molecule has 1 N–H and O–H groups in total. The van der Waals surface area contributed by atoms with Crippen LogP contribution in [0.1, 0.15) is 102 Å². The van der Waals surface area contributed by atoms with E-state index in [9.17, 15) is 4.79 Å². The number of ether oxygens (including phenoxy) is 2. The monoisotopic (exact) mass is 566 g/mol. The summed E-state index contributed by atoms with van der Waals surface area (Å²) in [5, 5.41) is 5.01. The van der Waals surface area contributed by atoms with E-state index in [2.05, 4.69) is 28.7 Å². The maximum atomic E-state index is 12.4. The fourth-order valence-corrected chi connectivity index (χ4v) is 5.54. The summed E-state index contributed by atoms with van der Waals surface area (Å²) in [6, 6.07) is 15.5. The third-order valence-corrected chi connectivity index (χ3v) is 7.97. The zero-order valence-corrected chi connectivity index (χ0v) is 25.4. The first kappa shape index (κ1) is 31.9. The highest BCUT2D eigenvalue weighted by Crippen LogP contribution is 2.21. The number of hydrogen-bond donors (Lipinski definition) is 1. The molecule has 220 valence electrons. The molecule has 3 rings (SSSR count). The van der Waals surface area contributed by atoms with E-state index in [1.807, 2.05) is 48.5 Å². The number of benzene rings is 2. The van der Waals surface area contributed by atoms with Gasteiger partial charge in [0.05, 0.1) is 12.5 Å². The molecule has 1 heterocycles. The normalized spacial score (nSPS) is 12.6. The Labute approximate surface area is 247 Å². The van der Waals surface area contributed by atoms with E-state index in [4.69, 9.17) is 9.47 Å². The number of nitrogens with one attached hydrogen (secondary N) is 1. The number of unbranched alkanes of at least 4 members (excludes halogenated alkanes) is 13. The lowest BCUT2D eigenvalue weighted by Crippen LogP contribution is -2.20. The maximum Gasteiger partial charge on any atom is 0.262 e. The van der Waals surface area contributed by atoms with Crippen molar-refractivity contribution < 1.29 is 14.3 Å². The minimum atomic E-state index is -0.180. The Balaban J connectivity index is 1.19. The summed E-state index contributed by atoms with van der Waals surface area (Å²) in [5.74, 6) is 2.23. The van der Waals surface area contributed by atoms with E-state index in [1.54, 1.807) is 11.8 Å². The molecule has 0 radical (unpaired) electrons. The number of carbonyl (C=O) groups is 1. The standard InChI is InChI=1S/C34H50N2O3S/c1-2-3-4-5-6-7-8-9-10-11-12-13-14-15-24-38-32-17-16-18-33(26-32)39-28-34(37)35-31-21-19-30(20-22-31)27-36-23-25-40-29-36/h16-23,25-26H,2-15,24,27-29H2,1H3,(H,35,37). The molecule has 1 aliphatic heterocycles. The molecular formula is C34H50N2O3S. The molecule has 2 aromatic rings. The van der Waals surface area contributed by atoms with Crippen LogP contribution in [0.3, 0.4) is 0 Å². The van der Waals surface area contributed by atoms with Crippen molar-refractivity contribution in [2.75, 3.05) is 24.4 Å². The van der Waals surface area contributed by atoms with Gasteiger partial charge < -0.3 is 19.7 Å². The topological polar surface area (TPSA) is 50.8 Å². The minimum Gasteiger partial charge on any atom is -0.493 e. The van der Waals surface area contributed by atoms with Crippen molar-refractivity contribution in [3.8, 4) is 11.5 Å². The molecule has 0 aliphatic carbocycles. The molecule has 0 saturated carbocycles. The second-order valence-corrected chi connectivity index (χ2v) is 11.6. The lowest BCUT2D eigenvalue weighted by Gasteiger charge is -2.15. The van der Waals surface area contributed by atoms with Crippen molar-refractivity contribution in [2.45, 2.75) is 103 Å². The largest absolute Gasteiger partial charge is 0.493 e. The van der Waals surface area contributed by atoms with E-state index in [0.717, 1.165) is 30.3 Å². The average Bonchev–Trinajstić information content (AvgIpc) is 3.48. The predicted octanol–water partition coefficient (Wildman–Crippen LogP) is 9.54. The number of carbonyl (C=O) groups excluding carboxylic acids is 1. The molecule has 0 fully saturated rings. The van der Waals surface area contributed by atoms with Gasteiger partial charge in [0.25, 0.3) is 5.91 Å². The minimum absolute atomic E-state index is 0.0417. The van der Waals surface area contributed by atoms with Crippen LogP contribution in [-0.4, -0.2) is 29.9 Å². The highest BCUT2D eigenvalue weighted by Gasteiger charge is 2.08. The third kappa shape index (κ3) is 14.2. The zero-order chi connectivity index (χ0) is 28.1. The van der Waals surface area contributed by atoms with Crippen LogP contribution in [0, 0.1) is 0 Å². The van der Waals surface area contributed by atoms with Gasteiger partial charge in [-0.3, -0.25) is 4.79 Å². The summed E-state index contributed by atoms with van der Waals surface area (Å²) in [6.07, 6.45) is 21.0. The number of nitrogens with zero attached hydrogens (tertiary/aromatic N) is 1. The van der Waals surface area contributed by atoms with Gasteiger partial charge in [-0.1, -0.05) is 109 Å². The predicted molar refractivity (Wildman–Crippen MR) is 170 cm³/mol. The quantitative estimate of drug-likeness (QED) is 0.144. The van der Waals surface area contributed by atoms with Crippen molar-refractivity contribution in [2.24, 2.45) is 0 Å². The Hall–Kier alpha value is -2.60. The summed E-state index contributed by atoms with van der Waals surface area (Å²) in [4.78, 5) is 14.6. The molecular weight excluding hydrogens is 516 g/mol. The van der Waals surface area contributed by atoms with Crippen molar-refractivity contribution in [3.63, 3.8) is 0 Å². The molecule has 0 saturated heterocycles. The van der Waals surface area contributed by atoms with E-state index < -0.39 is 0 Å². The molecule has 0 atom stereocenters. The zero-order valence-electron chi connectivity index (χ0n) is 24.6. The number of anilines is 1. The van der Waals surface area contributed by atoms with Gasteiger partial charge in [-0.05, 0) is 41.7 Å². The first-order valence-corrected chi connectivity index (χ1v) is 16.5. The number of rotatable bonds is 22. The summed E-state index contributed by atoms with van der Waals surface area (Å²) in [5.41, 5.74) is 1.99. The van der Waals surface area contributed by atoms with Crippen LogP contribution in [0.5, 0.6) is 11.5 Å². The summed E-state index contributed by atoms with van der Waals surface area (Å²) in [6.45, 7) is 3.82. The van der Waals surface area contributed by atoms with Crippen LogP contribution in [0.25, 0.3) is 0 Å². The van der Waals surface area contributed by atoms with Crippen molar-refractivity contribution >= 4 is 23.4 Å². The SMILES string of the molecule is CCCCCCCCCCCCCCCCOc1cccc(OCC(=O)Nc2ccc(CN3C=CSC3)cc2)c1. The second kappa shape index (κ2) is 20.3. The fraction of sp³-hybridized carbons (Fsp3) is 0.559. The summed E-state index contributed by atoms with van der Waals surface area (Å²) >= 11 is 1.80. The maximum absolute atomic E-state index is 12.4. The van der Waals surface area contributed by atoms with Crippen molar-refractivity contribution in [1.82, 2.24) is 4.90 Å². The molecule has 6 heteroatoms. The lowest BCUT2D eigenvalue weighted by molar-refractivity contribution is -0.118. The Kier molecular flexibility index (Phi) is 16.2. The van der Waals surface area contributed by atoms with Gasteiger partial charge in [-0.15, -0.1) is 11.8 Å². The second-order valence-electron chi connectivity index (χ2n) is 10.8. The van der Waals surface area contributed by atoms with Gasteiger partial charge >= 0.3 is 0 Å². The van der Waals surface area contributed by atoms with E-state index in [1.165, 1.54) is 89.0 Å². The van der Waals surface area contributed by atoms with Crippen LogP contribution in [0.2, 0.25) is 0 Å². The first-order valence-electron chi connectivity index (χ1n) is 15.5. The van der Waals surface area contributed by atoms with Crippen LogP contribution in [-0.2, 0) is 11.3 Å². The van der Waals surface area contributed by atoms with Crippen LogP contribution in [0.4, 0.5) is 5.69 Å². The van der Waals surface area contributed by atoms with Gasteiger partial charge in [0, 0.05) is 24.5 Å². The fourth-order valence-electron chi connectivity index (χ4n) is 4.82. The molecule has 1 aliphatic rings. The molecule has 5 nitrogen and oxygen atoms in total. The Morgan fingerprint density at radius 3 is 2.00 bits per heavy atom. The number of thioether (sulfide) groups is 1. The van der Waals surface area contributed by atoms with Gasteiger partial charge in [0.1, 0.15) is 11.5 Å². The average molecular weight is 567 g/mol. The molecule has 0 spiro atoms. The Morgan fingerprint density at radius 2 is 1.40 bits per heavy atom. The molecule has 40 heavy (non-hydrogen) atoms. The lowest BCUT2D eigenvalue weighted by atomic mass is 10.0. The molecule has 0 bridgehead atoms. The van der Waals surface area contributed by atoms with Crippen LogP contribution >= 0.6 is 11.8 Å². The Bertz CT molecular complexity index is 979. The summed E-state index contributed by atoms with van der Waals surface area (Å²) < 4.78 is 11.6. The van der Waals surface area contributed by atoms with Gasteiger partial charge in [0.15, 0.2) is 6.61 Å². The van der Waals surface area contributed by atoms with Crippen LogP contribution < -0.4 is 14.8 Å². The first-order chi connectivity index (χ1) is 19.7. The van der Waals surface area contributed by atoms with Crippen molar-refractivity contribution in [1.29, 1.82) is 0 Å². The number of amides is 1. The third-order valence-electron chi connectivity index (χ3n) is 7.17. The molecule has 0 aromatic heterocycles. The highest BCUT2D eigenvalue weighted by molar-refractivity contribution is 8.02. The highest BCUT2D eigenvalue weighted by atomic mass is 32.2. The molecule has 2 aromatic carbocycles. The van der Waals surface area contributed by atoms with E-state index >= 15 is 0 Å². The van der Waals surface area contributed by atoms with Gasteiger partial charge in [0.2, 0.25) is 0 Å².